The quantitative estimate of drug-likeness (QED) is 0.515. The minimum absolute atomic E-state index is 0.102. The Bertz CT molecular complexity index is 1260. The maximum absolute atomic E-state index is 13.7. The highest BCUT2D eigenvalue weighted by Crippen LogP contribution is 2.35. The molecule has 1 aliphatic rings. The van der Waals surface area contributed by atoms with E-state index in [9.17, 15) is 18.0 Å². The van der Waals surface area contributed by atoms with Crippen molar-refractivity contribution in [3.05, 3.63) is 52.0 Å². The SMILES string of the molecule is C[C@@H](C(=O)NC(C)(C)C)N(Cc1c(Cl)cccc1Cl)C(=O)CN(c1ccc2c(c1)OCCO2)S(C)(=O)=O. The number of sulfonamides is 1. The van der Waals surface area contributed by atoms with E-state index in [0.29, 0.717) is 40.3 Å². The predicted molar refractivity (Wildman–Crippen MR) is 144 cm³/mol. The summed E-state index contributed by atoms with van der Waals surface area (Å²) in [4.78, 5) is 28.0. The molecule has 0 aliphatic carbocycles. The van der Waals surface area contributed by atoms with E-state index in [1.54, 1.807) is 31.2 Å². The monoisotopic (exact) mass is 571 g/mol. The Morgan fingerprint density at radius 1 is 1.05 bits per heavy atom. The number of fused-ring (bicyclic) bond motifs is 1. The summed E-state index contributed by atoms with van der Waals surface area (Å²) in [6.45, 7) is 7.07. The molecular formula is C25H31Cl2N3O6S. The van der Waals surface area contributed by atoms with Gasteiger partial charge in [0.1, 0.15) is 25.8 Å². The van der Waals surface area contributed by atoms with Crippen LogP contribution in [0.25, 0.3) is 0 Å². The maximum atomic E-state index is 13.7. The van der Waals surface area contributed by atoms with Gasteiger partial charge in [0, 0.05) is 33.8 Å². The molecule has 3 rings (SSSR count). The summed E-state index contributed by atoms with van der Waals surface area (Å²) in [5.74, 6) is -0.165. The van der Waals surface area contributed by atoms with Gasteiger partial charge in [-0.15, -0.1) is 0 Å². The summed E-state index contributed by atoms with van der Waals surface area (Å²) in [7, 11) is -3.90. The van der Waals surface area contributed by atoms with Crippen LogP contribution < -0.4 is 19.1 Å². The first kappa shape index (κ1) is 28.9. The van der Waals surface area contributed by atoms with Crippen LogP contribution in [0.1, 0.15) is 33.3 Å². The molecule has 0 spiro atoms. The zero-order valence-electron chi connectivity index (χ0n) is 21.4. The molecule has 202 valence electrons. The summed E-state index contributed by atoms with van der Waals surface area (Å²) in [5.41, 5.74) is 0.119. The molecule has 2 aromatic rings. The number of hydrogen-bond acceptors (Lipinski definition) is 6. The molecule has 1 N–H and O–H groups in total. The third kappa shape index (κ3) is 7.43. The second-order valence-corrected chi connectivity index (χ2v) is 12.5. The molecule has 37 heavy (non-hydrogen) atoms. The van der Waals surface area contributed by atoms with E-state index in [-0.39, 0.29) is 12.2 Å². The van der Waals surface area contributed by atoms with E-state index in [1.165, 1.54) is 17.0 Å². The molecule has 0 bridgehead atoms. The summed E-state index contributed by atoms with van der Waals surface area (Å²) >= 11 is 12.7. The predicted octanol–water partition coefficient (Wildman–Crippen LogP) is 3.86. The van der Waals surface area contributed by atoms with Gasteiger partial charge >= 0.3 is 0 Å². The Labute approximate surface area is 227 Å². The van der Waals surface area contributed by atoms with Gasteiger partial charge in [0.05, 0.1) is 11.9 Å². The molecule has 0 unspecified atom stereocenters. The Hall–Kier alpha value is -2.69. The van der Waals surface area contributed by atoms with Crippen LogP contribution in [0.15, 0.2) is 36.4 Å². The zero-order chi connectivity index (χ0) is 27.5. The zero-order valence-corrected chi connectivity index (χ0v) is 23.7. The van der Waals surface area contributed by atoms with E-state index in [0.717, 1.165) is 10.6 Å². The number of nitrogens with zero attached hydrogens (tertiary/aromatic N) is 2. The van der Waals surface area contributed by atoms with Gasteiger partial charge in [-0.2, -0.15) is 0 Å². The minimum atomic E-state index is -3.90. The van der Waals surface area contributed by atoms with E-state index < -0.39 is 40.0 Å². The smallest absolute Gasteiger partial charge is 0.244 e. The van der Waals surface area contributed by atoms with Crippen molar-refractivity contribution in [2.75, 3.05) is 30.3 Å². The molecule has 9 nitrogen and oxygen atoms in total. The van der Waals surface area contributed by atoms with Crippen molar-refractivity contribution in [2.45, 2.75) is 45.8 Å². The molecule has 1 aliphatic heterocycles. The highest BCUT2D eigenvalue weighted by molar-refractivity contribution is 7.92. The molecule has 12 heteroatoms. The van der Waals surface area contributed by atoms with Gasteiger partial charge in [-0.3, -0.25) is 13.9 Å². The fourth-order valence-electron chi connectivity index (χ4n) is 3.71. The number of rotatable bonds is 8. The lowest BCUT2D eigenvalue weighted by molar-refractivity contribution is -0.140. The van der Waals surface area contributed by atoms with Gasteiger partial charge in [0.25, 0.3) is 0 Å². The lowest BCUT2D eigenvalue weighted by atomic mass is 10.1. The molecule has 2 amide bonds. The normalized spacial score (nSPS) is 14.0. The number of amides is 2. The summed E-state index contributed by atoms with van der Waals surface area (Å²) in [6, 6.07) is 8.60. The molecule has 0 radical (unpaired) electrons. The van der Waals surface area contributed by atoms with Crippen LogP contribution in [0.3, 0.4) is 0 Å². The minimum Gasteiger partial charge on any atom is -0.486 e. The van der Waals surface area contributed by atoms with E-state index in [2.05, 4.69) is 5.32 Å². The van der Waals surface area contributed by atoms with Gasteiger partial charge in [-0.25, -0.2) is 8.42 Å². The maximum Gasteiger partial charge on any atom is 0.244 e. The highest BCUT2D eigenvalue weighted by atomic mass is 35.5. The Balaban J connectivity index is 1.97. The van der Waals surface area contributed by atoms with Crippen molar-refractivity contribution < 1.29 is 27.5 Å². The average Bonchev–Trinajstić information content (AvgIpc) is 2.79. The lowest BCUT2D eigenvalue weighted by Crippen LogP contribution is -2.54. The molecule has 1 heterocycles. The molecule has 0 saturated carbocycles. The van der Waals surface area contributed by atoms with Gasteiger partial charge in [-0.05, 0) is 52.0 Å². The van der Waals surface area contributed by atoms with Crippen molar-refractivity contribution in [3.63, 3.8) is 0 Å². The first-order chi connectivity index (χ1) is 17.2. The number of benzene rings is 2. The van der Waals surface area contributed by atoms with Crippen LogP contribution in [0.5, 0.6) is 11.5 Å². The number of nitrogens with one attached hydrogen (secondary N) is 1. The molecule has 1 atom stereocenters. The van der Waals surface area contributed by atoms with E-state index in [1.807, 2.05) is 20.8 Å². The second-order valence-electron chi connectivity index (χ2n) is 9.73. The number of ether oxygens (including phenoxy) is 2. The van der Waals surface area contributed by atoms with Crippen molar-refractivity contribution in [3.8, 4) is 11.5 Å². The van der Waals surface area contributed by atoms with Crippen LogP contribution >= 0.6 is 23.2 Å². The first-order valence-electron chi connectivity index (χ1n) is 11.6. The van der Waals surface area contributed by atoms with Gasteiger partial charge in [-0.1, -0.05) is 29.3 Å². The van der Waals surface area contributed by atoms with Crippen LogP contribution in [0.2, 0.25) is 10.0 Å². The lowest BCUT2D eigenvalue weighted by Gasteiger charge is -2.33. The third-order valence-electron chi connectivity index (χ3n) is 5.55. The van der Waals surface area contributed by atoms with Crippen LogP contribution in [-0.4, -0.2) is 62.7 Å². The summed E-state index contributed by atoms with van der Waals surface area (Å²) in [5, 5.41) is 3.50. The molecule has 0 fully saturated rings. The Morgan fingerprint density at radius 3 is 2.22 bits per heavy atom. The fourth-order valence-corrected chi connectivity index (χ4v) is 5.07. The van der Waals surface area contributed by atoms with Crippen LogP contribution in [0.4, 0.5) is 5.69 Å². The number of carbonyl (C=O) groups excluding carboxylic acids is 2. The van der Waals surface area contributed by atoms with Crippen molar-refractivity contribution in [1.29, 1.82) is 0 Å². The van der Waals surface area contributed by atoms with Crippen molar-refractivity contribution >= 4 is 50.7 Å². The topological polar surface area (TPSA) is 105 Å². The molecular weight excluding hydrogens is 541 g/mol. The van der Waals surface area contributed by atoms with E-state index in [4.69, 9.17) is 32.7 Å². The van der Waals surface area contributed by atoms with E-state index >= 15 is 0 Å². The Morgan fingerprint density at radius 2 is 1.65 bits per heavy atom. The number of anilines is 1. The van der Waals surface area contributed by atoms with Crippen molar-refractivity contribution in [2.24, 2.45) is 0 Å². The highest BCUT2D eigenvalue weighted by Gasteiger charge is 2.32. The van der Waals surface area contributed by atoms with Gasteiger partial charge in [0.2, 0.25) is 21.8 Å². The number of carbonyl (C=O) groups is 2. The first-order valence-corrected chi connectivity index (χ1v) is 14.2. The van der Waals surface area contributed by atoms with Crippen molar-refractivity contribution in [1.82, 2.24) is 10.2 Å². The average molecular weight is 573 g/mol. The van der Waals surface area contributed by atoms with Crippen LogP contribution in [0, 0.1) is 0 Å². The molecule has 0 saturated heterocycles. The summed E-state index contributed by atoms with van der Waals surface area (Å²) in [6.07, 6.45) is 1.00. The second kappa shape index (κ2) is 11.4. The van der Waals surface area contributed by atoms with Gasteiger partial charge in [0.15, 0.2) is 11.5 Å². The summed E-state index contributed by atoms with van der Waals surface area (Å²) < 4.78 is 37.6. The molecule has 0 aromatic heterocycles. The van der Waals surface area contributed by atoms with Gasteiger partial charge < -0.3 is 19.7 Å². The fraction of sp³-hybridized carbons (Fsp3) is 0.440. The molecule has 2 aromatic carbocycles. The number of halogens is 2. The number of hydrogen-bond donors (Lipinski definition) is 1. The third-order valence-corrected chi connectivity index (χ3v) is 7.40. The largest absolute Gasteiger partial charge is 0.486 e. The Kier molecular flexibility index (Phi) is 8.87. The van der Waals surface area contributed by atoms with Crippen LogP contribution in [-0.2, 0) is 26.2 Å². The standard InChI is InChI=1S/C25H31Cl2N3O6S/c1-16(24(32)28-25(2,3)4)29(14-18-19(26)7-6-8-20(18)27)23(31)15-30(37(5,33)34)17-9-10-21-22(13-17)36-12-11-35-21/h6-10,13,16H,11-12,14-15H2,1-5H3,(H,28,32)/t16-/m0/s1.